The van der Waals surface area contributed by atoms with Crippen molar-refractivity contribution in [2.75, 3.05) is 7.11 Å². The molecule has 1 aromatic heterocycles. The van der Waals surface area contributed by atoms with E-state index in [9.17, 15) is 13.2 Å². The minimum atomic E-state index is -3.64. The lowest BCUT2D eigenvalue weighted by Crippen LogP contribution is -2.14. The number of furan rings is 1. The van der Waals surface area contributed by atoms with Crippen LogP contribution in [0, 0.1) is 0 Å². The Labute approximate surface area is 80.7 Å². The van der Waals surface area contributed by atoms with Gasteiger partial charge in [0.25, 0.3) is 0 Å². The van der Waals surface area contributed by atoms with Crippen LogP contribution in [0.25, 0.3) is 0 Å². The molecular weight excluding hydrogens is 210 g/mol. The van der Waals surface area contributed by atoms with E-state index in [2.05, 4.69) is 4.74 Å². The second-order valence-corrected chi connectivity index (χ2v) is 4.18. The van der Waals surface area contributed by atoms with Crippen LogP contribution in [0.15, 0.2) is 16.5 Å². The third-order valence-corrected chi connectivity index (χ3v) is 2.08. The number of hydrogen-bond acceptors (Lipinski definition) is 5. The lowest BCUT2D eigenvalue weighted by Gasteiger charge is -1.94. The van der Waals surface area contributed by atoms with Gasteiger partial charge in [0.1, 0.15) is 11.5 Å². The molecule has 1 heterocycles. The number of rotatable bonds is 3. The molecule has 0 aliphatic heterocycles. The second kappa shape index (κ2) is 3.81. The highest BCUT2D eigenvalue weighted by Gasteiger charge is 2.14. The van der Waals surface area contributed by atoms with E-state index in [4.69, 9.17) is 9.56 Å². The van der Waals surface area contributed by atoms with E-state index < -0.39 is 21.7 Å². The van der Waals surface area contributed by atoms with Crippen LogP contribution in [0.5, 0.6) is 0 Å². The van der Waals surface area contributed by atoms with Gasteiger partial charge in [-0.05, 0) is 12.1 Å². The fraction of sp³-hybridized carbons (Fsp3) is 0.286. The van der Waals surface area contributed by atoms with Gasteiger partial charge in [0.05, 0.1) is 7.11 Å². The summed E-state index contributed by atoms with van der Waals surface area (Å²) in [6, 6.07) is 2.68. The molecule has 0 saturated heterocycles. The van der Waals surface area contributed by atoms with Crippen molar-refractivity contribution in [1.82, 2.24) is 0 Å². The van der Waals surface area contributed by atoms with Gasteiger partial charge >= 0.3 is 5.97 Å². The minimum absolute atomic E-state index is 0.0499. The second-order valence-electron chi connectivity index (χ2n) is 2.56. The molecule has 1 aromatic rings. The van der Waals surface area contributed by atoms with Gasteiger partial charge in [0.2, 0.25) is 15.8 Å². The lowest BCUT2D eigenvalue weighted by atomic mass is 10.4. The zero-order valence-electron chi connectivity index (χ0n) is 7.39. The number of carbonyl (C=O) groups is 1. The lowest BCUT2D eigenvalue weighted by molar-refractivity contribution is 0.0563. The summed E-state index contributed by atoms with van der Waals surface area (Å²) in [5.41, 5.74) is 0. The molecule has 0 spiro atoms. The summed E-state index contributed by atoms with van der Waals surface area (Å²) in [5, 5.41) is 4.78. The Kier molecular flexibility index (Phi) is 2.92. The fourth-order valence-corrected chi connectivity index (χ4v) is 1.42. The van der Waals surface area contributed by atoms with Crippen molar-refractivity contribution in [2.24, 2.45) is 5.14 Å². The number of ether oxygens (including phenoxy) is 1. The molecule has 0 fully saturated rings. The summed E-state index contributed by atoms with van der Waals surface area (Å²) < 4.78 is 30.5. The molecular formula is C7H9NO5S. The fourth-order valence-electron chi connectivity index (χ4n) is 0.864. The quantitative estimate of drug-likeness (QED) is 0.713. The molecule has 78 valence electrons. The van der Waals surface area contributed by atoms with Crippen molar-refractivity contribution >= 4 is 16.0 Å². The molecule has 0 saturated carbocycles. The van der Waals surface area contributed by atoms with E-state index in [1.807, 2.05) is 0 Å². The summed E-state index contributed by atoms with van der Waals surface area (Å²) >= 11 is 0. The van der Waals surface area contributed by atoms with Gasteiger partial charge in [-0.3, -0.25) is 0 Å². The third-order valence-electron chi connectivity index (χ3n) is 1.39. The zero-order chi connectivity index (χ0) is 10.8. The Morgan fingerprint density at radius 1 is 1.57 bits per heavy atom. The normalized spacial score (nSPS) is 11.3. The Balaban J connectivity index is 2.84. The Hall–Kier alpha value is -1.34. The van der Waals surface area contributed by atoms with E-state index in [1.54, 1.807) is 0 Å². The SMILES string of the molecule is COC(=O)c1ccc(CS(N)(=O)=O)o1. The molecule has 0 radical (unpaired) electrons. The average Bonchev–Trinajstić information content (AvgIpc) is 2.48. The highest BCUT2D eigenvalue weighted by atomic mass is 32.2. The van der Waals surface area contributed by atoms with Crippen molar-refractivity contribution in [3.63, 3.8) is 0 Å². The largest absolute Gasteiger partial charge is 0.463 e. The maximum absolute atomic E-state index is 10.9. The van der Waals surface area contributed by atoms with E-state index in [0.717, 1.165) is 0 Å². The zero-order valence-corrected chi connectivity index (χ0v) is 8.21. The van der Waals surface area contributed by atoms with E-state index in [1.165, 1.54) is 19.2 Å². The summed E-state index contributed by atoms with van der Waals surface area (Å²) in [6.07, 6.45) is 0. The van der Waals surface area contributed by atoms with Crippen LogP contribution in [0.2, 0.25) is 0 Å². The topological polar surface area (TPSA) is 99.6 Å². The monoisotopic (exact) mass is 219 g/mol. The minimum Gasteiger partial charge on any atom is -0.463 e. The van der Waals surface area contributed by atoms with Gasteiger partial charge in [-0.15, -0.1) is 0 Å². The Morgan fingerprint density at radius 2 is 2.21 bits per heavy atom. The van der Waals surface area contributed by atoms with Gasteiger partial charge in [0, 0.05) is 0 Å². The van der Waals surface area contributed by atoms with E-state index in [0.29, 0.717) is 0 Å². The first kappa shape index (κ1) is 10.7. The van der Waals surface area contributed by atoms with Crippen LogP contribution in [-0.2, 0) is 20.5 Å². The van der Waals surface area contributed by atoms with Crippen LogP contribution in [0.3, 0.4) is 0 Å². The molecule has 0 atom stereocenters. The number of esters is 1. The smallest absolute Gasteiger partial charge is 0.373 e. The number of methoxy groups -OCH3 is 1. The van der Waals surface area contributed by atoms with E-state index in [-0.39, 0.29) is 11.5 Å². The summed E-state index contributed by atoms with van der Waals surface area (Å²) in [5.74, 6) is -1.05. The van der Waals surface area contributed by atoms with Gasteiger partial charge in [-0.2, -0.15) is 0 Å². The van der Waals surface area contributed by atoms with Crippen LogP contribution in [0.4, 0.5) is 0 Å². The number of sulfonamides is 1. The molecule has 2 N–H and O–H groups in total. The number of hydrogen-bond donors (Lipinski definition) is 1. The molecule has 0 unspecified atom stereocenters. The van der Waals surface area contributed by atoms with Crippen LogP contribution < -0.4 is 5.14 Å². The Bertz CT molecular complexity index is 433. The third kappa shape index (κ3) is 2.86. The van der Waals surface area contributed by atoms with Crippen LogP contribution in [-0.4, -0.2) is 21.5 Å². The first-order valence-electron chi connectivity index (χ1n) is 3.60. The Morgan fingerprint density at radius 3 is 2.71 bits per heavy atom. The predicted octanol–water partition coefficient (Wildman–Crippen LogP) is -0.145. The first-order chi connectivity index (χ1) is 6.42. The predicted molar refractivity (Wildman–Crippen MR) is 46.9 cm³/mol. The molecule has 1 rings (SSSR count). The standard InChI is InChI=1S/C7H9NO5S/c1-12-7(9)6-3-2-5(13-6)4-14(8,10)11/h2-3H,4H2,1H3,(H2,8,10,11). The first-order valence-corrected chi connectivity index (χ1v) is 5.31. The van der Waals surface area contributed by atoms with Crippen molar-refractivity contribution in [1.29, 1.82) is 0 Å². The summed E-state index contributed by atoms with van der Waals surface area (Å²) in [4.78, 5) is 10.9. The molecule has 0 bridgehead atoms. The van der Waals surface area contributed by atoms with Crippen LogP contribution in [0.1, 0.15) is 16.3 Å². The van der Waals surface area contributed by atoms with Gasteiger partial charge in [-0.1, -0.05) is 0 Å². The molecule has 14 heavy (non-hydrogen) atoms. The number of primary sulfonamides is 1. The maximum atomic E-state index is 10.9. The van der Waals surface area contributed by atoms with Gasteiger partial charge in [-0.25, -0.2) is 18.4 Å². The molecule has 0 amide bonds. The average molecular weight is 219 g/mol. The molecule has 0 aliphatic rings. The van der Waals surface area contributed by atoms with Gasteiger partial charge in [0.15, 0.2) is 0 Å². The highest BCUT2D eigenvalue weighted by molar-refractivity contribution is 7.88. The maximum Gasteiger partial charge on any atom is 0.373 e. The van der Waals surface area contributed by atoms with Crippen LogP contribution >= 0.6 is 0 Å². The van der Waals surface area contributed by atoms with Crippen molar-refractivity contribution in [2.45, 2.75) is 5.75 Å². The van der Waals surface area contributed by atoms with E-state index >= 15 is 0 Å². The molecule has 7 heteroatoms. The molecule has 6 nitrogen and oxygen atoms in total. The van der Waals surface area contributed by atoms with Gasteiger partial charge < -0.3 is 9.15 Å². The summed E-state index contributed by atoms with van der Waals surface area (Å²) in [7, 11) is -2.44. The van der Waals surface area contributed by atoms with Crippen molar-refractivity contribution < 1.29 is 22.4 Å². The highest BCUT2D eigenvalue weighted by Crippen LogP contribution is 2.10. The van der Waals surface area contributed by atoms with Crippen molar-refractivity contribution in [3.05, 3.63) is 23.7 Å². The number of nitrogens with two attached hydrogens (primary N) is 1. The number of carbonyl (C=O) groups excluding carboxylic acids is 1. The molecule has 0 aliphatic carbocycles. The molecule has 0 aromatic carbocycles. The van der Waals surface area contributed by atoms with Crippen molar-refractivity contribution in [3.8, 4) is 0 Å². The summed E-state index contributed by atoms with van der Waals surface area (Å²) in [6.45, 7) is 0.